The predicted octanol–water partition coefficient (Wildman–Crippen LogP) is 3.48. The Bertz CT molecular complexity index is 280. The second-order valence-corrected chi connectivity index (χ2v) is 4.63. The minimum Gasteiger partial charge on any atom is -0.398 e. The van der Waals surface area contributed by atoms with Gasteiger partial charge in [-0.3, -0.25) is 4.39 Å². The number of rotatable bonds is 4. The van der Waals surface area contributed by atoms with Gasteiger partial charge in [-0.15, -0.1) is 11.8 Å². The molecule has 13 heavy (non-hydrogen) atoms. The molecule has 0 fully saturated rings. The molecule has 0 aromatic heterocycles. The number of hydrogen-bond donors (Lipinski definition) is 1. The fraction of sp³-hybridized carbons (Fsp3) is 0.333. The summed E-state index contributed by atoms with van der Waals surface area (Å²) in [5.74, 6) is 0.780. The number of benzene rings is 1. The Morgan fingerprint density at radius 2 is 2.23 bits per heavy atom. The normalized spacial score (nSPS) is 10.3. The lowest BCUT2D eigenvalue weighted by atomic mass is 10.3. The number of nitrogens with two attached hydrogens (primary N) is 1. The van der Waals surface area contributed by atoms with Gasteiger partial charge < -0.3 is 5.73 Å². The predicted molar refractivity (Wildman–Crippen MR) is 59.9 cm³/mol. The van der Waals surface area contributed by atoms with Crippen LogP contribution in [0.25, 0.3) is 0 Å². The lowest BCUT2D eigenvalue weighted by Crippen LogP contribution is -1.89. The first-order valence-electron chi connectivity index (χ1n) is 3.98. The molecule has 0 amide bonds. The summed E-state index contributed by atoms with van der Waals surface area (Å²) in [5, 5.41) is 0. The zero-order valence-corrected chi connectivity index (χ0v) is 9.50. The van der Waals surface area contributed by atoms with Crippen molar-refractivity contribution < 1.29 is 4.39 Å². The average Bonchev–Trinajstić information content (AvgIpc) is 2.09. The van der Waals surface area contributed by atoms with Crippen molar-refractivity contribution in [1.29, 1.82) is 0 Å². The second-order valence-electron chi connectivity index (χ2n) is 2.57. The van der Waals surface area contributed by atoms with E-state index in [2.05, 4.69) is 15.9 Å². The third-order valence-corrected chi connectivity index (χ3v) is 3.18. The summed E-state index contributed by atoms with van der Waals surface area (Å²) in [6, 6.07) is 5.74. The molecule has 0 radical (unpaired) electrons. The molecule has 1 rings (SSSR count). The van der Waals surface area contributed by atoms with E-state index in [-0.39, 0.29) is 6.67 Å². The molecule has 0 aliphatic heterocycles. The molecule has 0 saturated heterocycles. The fourth-order valence-corrected chi connectivity index (χ4v) is 2.13. The van der Waals surface area contributed by atoms with Crippen LogP contribution in [-0.2, 0) is 0 Å². The van der Waals surface area contributed by atoms with Crippen molar-refractivity contribution in [1.82, 2.24) is 0 Å². The van der Waals surface area contributed by atoms with Gasteiger partial charge in [0.15, 0.2) is 0 Å². The van der Waals surface area contributed by atoms with Gasteiger partial charge in [-0.1, -0.05) is 15.9 Å². The standard InChI is InChI=1S/C9H11BrFNS/c10-7-2-3-9(8(12)6-7)13-5-1-4-11/h2-3,6H,1,4-5,12H2. The Kier molecular flexibility index (Phi) is 4.59. The maximum atomic E-state index is 11.8. The highest BCUT2D eigenvalue weighted by molar-refractivity contribution is 9.10. The third-order valence-electron chi connectivity index (χ3n) is 1.51. The second kappa shape index (κ2) is 5.50. The van der Waals surface area contributed by atoms with E-state index in [1.807, 2.05) is 18.2 Å². The van der Waals surface area contributed by atoms with Crippen LogP contribution in [0.4, 0.5) is 10.1 Å². The Morgan fingerprint density at radius 3 is 2.85 bits per heavy atom. The van der Waals surface area contributed by atoms with Gasteiger partial charge in [-0.05, 0) is 24.6 Å². The molecule has 2 N–H and O–H groups in total. The molecule has 0 aliphatic carbocycles. The lowest BCUT2D eigenvalue weighted by molar-refractivity contribution is 0.489. The minimum absolute atomic E-state index is 0.260. The van der Waals surface area contributed by atoms with Crippen LogP contribution in [-0.4, -0.2) is 12.4 Å². The summed E-state index contributed by atoms with van der Waals surface area (Å²) in [4.78, 5) is 1.02. The van der Waals surface area contributed by atoms with Crippen LogP contribution in [0.1, 0.15) is 6.42 Å². The summed E-state index contributed by atoms with van der Waals surface area (Å²) in [5.41, 5.74) is 6.51. The lowest BCUT2D eigenvalue weighted by Gasteiger charge is -2.04. The number of alkyl halides is 1. The smallest absolute Gasteiger partial charge is 0.0902 e. The number of anilines is 1. The summed E-state index contributed by atoms with van der Waals surface area (Å²) < 4.78 is 12.8. The van der Waals surface area contributed by atoms with Crippen molar-refractivity contribution in [3.05, 3.63) is 22.7 Å². The molecule has 0 saturated carbocycles. The van der Waals surface area contributed by atoms with Gasteiger partial charge in [0.25, 0.3) is 0 Å². The van der Waals surface area contributed by atoms with Crippen molar-refractivity contribution in [2.45, 2.75) is 11.3 Å². The largest absolute Gasteiger partial charge is 0.398 e. The maximum absolute atomic E-state index is 11.8. The molecule has 1 aromatic rings. The van der Waals surface area contributed by atoms with E-state index >= 15 is 0 Å². The SMILES string of the molecule is Nc1cc(Br)ccc1SCCCF. The van der Waals surface area contributed by atoms with Gasteiger partial charge in [0.05, 0.1) is 6.67 Å². The van der Waals surface area contributed by atoms with E-state index in [9.17, 15) is 4.39 Å². The molecule has 1 aromatic carbocycles. The Balaban J connectivity index is 2.56. The van der Waals surface area contributed by atoms with Gasteiger partial charge in [0, 0.05) is 20.8 Å². The van der Waals surface area contributed by atoms with Gasteiger partial charge in [0.1, 0.15) is 0 Å². The number of hydrogen-bond acceptors (Lipinski definition) is 2. The first kappa shape index (κ1) is 10.9. The van der Waals surface area contributed by atoms with Gasteiger partial charge in [-0.2, -0.15) is 0 Å². The van der Waals surface area contributed by atoms with E-state index in [0.29, 0.717) is 6.42 Å². The molecule has 0 bridgehead atoms. The van der Waals surface area contributed by atoms with Crippen LogP contribution < -0.4 is 5.73 Å². The monoisotopic (exact) mass is 263 g/mol. The Hall–Kier alpha value is -0.220. The molecule has 72 valence electrons. The molecule has 4 heteroatoms. The quantitative estimate of drug-likeness (QED) is 0.512. The van der Waals surface area contributed by atoms with E-state index in [4.69, 9.17) is 5.73 Å². The topological polar surface area (TPSA) is 26.0 Å². The molecular formula is C9H11BrFNS. The van der Waals surface area contributed by atoms with Crippen molar-refractivity contribution in [2.24, 2.45) is 0 Å². The molecule has 0 atom stereocenters. The molecule has 1 nitrogen and oxygen atoms in total. The van der Waals surface area contributed by atoms with Gasteiger partial charge >= 0.3 is 0 Å². The molecule has 0 unspecified atom stereocenters. The summed E-state index contributed by atoms with van der Waals surface area (Å²) in [7, 11) is 0. The average molecular weight is 264 g/mol. The number of thioether (sulfide) groups is 1. The van der Waals surface area contributed by atoms with Crippen molar-refractivity contribution in [3.8, 4) is 0 Å². The first-order valence-corrected chi connectivity index (χ1v) is 5.75. The van der Waals surface area contributed by atoms with Crippen LogP contribution >= 0.6 is 27.7 Å². The van der Waals surface area contributed by atoms with Crippen LogP contribution in [0.5, 0.6) is 0 Å². The third kappa shape index (κ3) is 3.56. The minimum atomic E-state index is -0.260. The zero-order chi connectivity index (χ0) is 9.68. The van der Waals surface area contributed by atoms with E-state index in [0.717, 1.165) is 20.8 Å². The Morgan fingerprint density at radius 1 is 1.46 bits per heavy atom. The van der Waals surface area contributed by atoms with Gasteiger partial charge in [0.2, 0.25) is 0 Å². The first-order chi connectivity index (χ1) is 6.24. The van der Waals surface area contributed by atoms with E-state index in [1.54, 1.807) is 11.8 Å². The number of nitrogen functional groups attached to an aromatic ring is 1. The molecule has 0 aliphatic rings. The fourth-order valence-electron chi connectivity index (χ4n) is 0.887. The highest BCUT2D eigenvalue weighted by Crippen LogP contribution is 2.28. The van der Waals surface area contributed by atoms with Crippen LogP contribution in [0.2, 0.25) is 0 Å². The van der Waals surface area contributed by atoms with E-state index in [1.165, 1.54) is 0 Å². The highest BCUT2D eigenvalue weighted by Gasteiger charge is 1.99. The van der Waals surface area contributed by atoms with Crippen LogP contribution in [0.3, 0.4) is 0 Å². The highest BCUT2D eigenvalue weighted by atomic mass is 79.9. The summed E-state index contributed by atoms with van der Waals surface area (Å²) in [6.45, 7) is -0.260. The van der Waals surface area contributed by atoms with Gasteiger partial charge in [-0.25, -0.2) is 0 Å². The van der Waals surface area contributed by atoms with Crippen LogP contribution in [0, 0.1) is 0 Å². The van der Waals surface area contributed by atoms with Crippen LogP contribution in [0.15, 0.2) is 27.6 Å². The summed E-state index contributed by atoms with van der Waals surface area (Å²) >= 11 is 4.92. The molecule has 0 spiro atoms. The Labute approximate surface area is 90.0 Å². The molecule has 0 heterocycles. The summed E-state index contributed by atoms with van der Waals surface area (Å²) in [6.07, 6.45) is 0.584. The number of halogens is 2. The zero-order valence-electron chi connectivity index (χ0n) is 7.09. The van der Waals surface area contributed by atoms with Crippen molar-refractivity contribution in [3.63, 3.8) is 0 Å². The van der Waals surface area contributed by atoms with Crippen molar-refractivity contribution >= 4 is 33.4 Å². The molecular weight excluding hydrogens is 253 g/mol. The van der Waals surface area contributed by atoms with E-state index < -0.39 is 0 Å². The maximum Gasteiger partial charge on any atom is 0.0902 e. The van der Waals surface area contributed by atoms with Crippen molar-refractivity contribution in [2.75, 3.05) is 18.2 Å².